The Kier molecular flexibility index (Phi) is 6.76. The third kappa shape index (κ3) is 8.26. The SMILES string of the molecule is C=C(C)COC(=O)OOOC(C)(C)CCC. The van der Waals surface area contributed by atoms with E-state index in [2.05, 4.69) is 21.2 Å². The Bertz CT molecular complexity index is 235. The second kappa shape index (κ2) is 7.24. The Morgan fingerprint density at radius 3 is 2.50 bits per heavy atom. The summed E-state index contributed by atoms with van der Waals surface area (Å²) in [4.78, 5) is 20.1. The fourth-order valence-electron chi connectivity index (χ4n) is 0.987. The molecule has 0 aromatic heterocycles. The largest absolute Gasteiger partial charge is 0.542 e. The molecule has 0 atom stereocenters. The first-order chi connectivity index (χ1) is 7.37. The maximum absolute atomic E-state index is 10.9. The molecular formula is C11H20O5. The molecule has 0 aliphatic carbocycles. The Morgan fingerprint density at radius 2 is 2.00 bits per heavy atom. The van der Waals surface area contributed by atoms with Crippen LogP contribution in [-0.2, 0) is 19.6 Å². The van der Waals surface area contributed by atoms with Gasteiger partial charge in [0.15, 0.2) is 0 Å². The molecule has 0 amide bonds. The molecule has 94 valence electrons. The number of carbonyl (C=O) groups excluding carboxylic acids is 1. The van der Waals surface area contributed by atoms with Gasteiger partial charge < -0.3 is 4.74 Å². The average Bonchev–Trinajstić information content (AvgIpc) is 2.14. The molecule has 0 saturated carbocycles. The summed E-state index contributed by atoms with van der Waals surface area (Å²) in [6.45, 7) is 11.1. The first kappa shape index (κ1) is 14.9. The van der Waals surface area contributed by atoms with Crippen LogP contribution < -0.4 is 0 Å². The van der Waals surface area contributed by atoms with Crippen molar-refractivity contribution >= 4 is 6.16 Å². The van der Waals surface area contributed by atoms with Gasteiger partial charge in [0.05, 0.1) is 0 Å². The van der Waals surface area contributed by atoms with Crippen molar-refractivity contribution in [2.75, 3.05) is 6.61 Å². The Balaban J connectivity index is 3.65. The molecule has 0 aromatic carbocycles. The van der Waals surface area contributed by atoms with Crippen molar-refractivity contribution in [2.24, 2.45) is 0 Å². The molecule has 0 aliphatic rings. The van der Waals surface area contributed by atoms with Gasteiger partial charge in [0.1, 0.15) is 12.2 Å². The van der Waals surface area contributed by atoms with Crippen LogP contribution in [0.5, 0.6) is 0 Å². The normalized spacial score (nSPS) is 11.0. The van der Waals surface area contributed by atoms with Crippen molar-refractivity contribution in [3.05, 3.63) is 12.2 Å². The smallest absolute Gasteiger partial charge is 0.428 e. The van der Waals surface area contributed by atoms with E-state index in [1.165, 1.54) is 0 Å². The van der Waals surface area contributed by atoms with Gasteiger partial charge in [0.2, 0.25) is 0 Å². The predicted molar refractivity (Wildman–Crippen MR) is 58.4 cm³/mol. The Morgan fingerprint density at radius 1 is 1.38 bits per heavy atom. The summed E-state index contributed by atoms with van der Waals surface area (Å²) in [7, 11) is 0. The molecule has 0 radical (unpaired) electrons. The fraction of sp³-hybridized carbons (Fsp3) is 0.727. The first-order valence-corrected chi connectivity index (χ1v) is 5.21. The summed E-state index contributed by atoms with van der Waals surface area (Å²) in [6.07, 6.45) is 0.781. The zero-order valence-corrected chi connectivity index (χ0v) is 10.4. The third-order valence-corrected chi connectivity index (χ3v) is 1.65. The molecule has 0 spiro atoms. The molecule has 0 fully saturated rings. The van der Waals surface area contributed by atoms with E-state index >= 15 is 0 Å². The molecule has 0 N–H and O–H groups in total. The number of carbonyl (C=O) groups is 1. The van der Waals surface area contributed by atoms with Gasteiger partial charge in [-0.05, 0) is 37.8 Å². The topological polar surface area (TPSA) is 54.0 Å². The van der Waals surface area contributed by atoms with E-state index in [0.29, 0.717) is 5.57 Å². The average molecular weight is 232 g/mol. The molecule has 0 aromatic rings. The lowest BCUT2D eigenvalue weighted by Gasteiger charge is -2.20. The molecule has 5 nitrogen and oxygen atoms in total. The van der Waals surface area contributed by atoms with E-state index in [1.54, 1.807) is 6.92 Å². The van der Waals surface area contributed by atoms with Crippen LogP contribution in [0.2, 0.25) is 0 Å². The second-order valence-electron chi connectivity index (χ2n) is 4.24. The van der Waals surface area contributed by atoms with E-state index in [-0.39, 0.29) is 6.61 Å². The Labute approximate surface area is 96.2 Å². The van der Waals surface area contributed by atoms with E-state index in [1.807, 2.05) is 20.8 Å². The highest BCUT2D eigenvalue weighted by Crippen LogP contribution is 2.16. The van der Waals surface area contributed by atoms with Crippen LogP contribution in [0, 0.1) is 0 Å². The van der Waals surface area contributed by atoms with Crippen molar-refractivity contribution in [3.8, 4) is 0 Å². The molecule has 5 heteroatoms. The quantitative estimate of drug-likeness (QED) is 0.292. The van der Waals surface area contributed by atoms with Crippen molar-refractivity contribution in [3.63, 3.8) is 0 Å². The van der Waals surface area contributed by atoms with E-state index in [0.717, 1.165) is 12.8 Å². The summed E-state index contributed by atoms with van der Waals surface area (Å²) in [5.41, 5.74) is 0.216. The van der Waals surface area contributed by atoms with Crippen molar-refractivity contribution in [1.29, 1.82) is 0 Å². The fourth-order valence-corrected chi connectivity index (χ4v) is 0.987. The van der Waals surface area contributed by atoms with Crippen LogP contribution in [-0.4, -0.2) is 18.4 Å². The minimum Gasteiger partial charge on any atom is -0.428 e. The molecule has 0 unspecified atom stereocenters. The molecule has 0 rings (SSSR count). The maximum atomic E-state index is 10.9. The summed E-state index contributed by atoms with van der Waals surface area (Å²) in [6, 6.07) is 0. The maximum Gasteiger partial charge on any atom is 0.542 e. The predicted octanol–water partition coefficient (Wildman–Crippen LogP) is 3.16. The van der Waals surface area contributed by atoms with Crippen LogP contribution in [0.1, 0.15) is 40.5 Å². The number of rotatable bonds is 7. The monoisotopic (exact) mass is 232 g/mol. The highest BCUT2D eigenvalue weighted by Gasteiger charge is 2.20. The van der Waals surface area contributed by atoms with Gasteiger partial charge in [-0.25, -0.2) is 9.68 Å². The lowest BCUT2D eigenvalue weighted by Crippen LogP contribution is -2.25. The minimum atomic E-state index is -0.949. The summed E-state index contributed by atoms with van der Waals surface area (Å²) >= 11 is 0. The summed E-state index contributed by atoms with van der Waals surface area (Å²) < 4.78 is 4.61. The van der Waals surface area contributed by atoms with Crippen LogP contribution in [0.3, 0.4) is 0 Å². The van der Waals surface area contributed by atoms with Crippen LogP contribution in [0.25, 0.3) is 0 Å². The van der Waals surface area contributed by atoms with Gasteiger partial charge in [-0.15, -0.1) is 0 Å². The zero-order chi connectivity index (χ0) is 12.6. The molecule has 16 heavy (non-hydrogen) atoms. The van der Waals surface area contributed by atoms with Gasteiger partial charge in [0, 0.05) is 0 Å². The molecule has 0 aliphatic heterocycles. The Hall–Kier alpha value is -1.07. The van der Waals surface area contributed by atoms with E-state index in [4.69, 9.17) is 4.89 Å². The highest BCUT2D eigenvalue weighted by molar-refractivity contribution is 5.59. The van der Waals surface area contributed by atoms with Crippen molar-refractivity contribution < 1.29 is 24.3 Å². The molecule has 0 bridgehead atoms. The zero-order valence-electron chi connectivity index (χ0n) is 10.4. The lowest BCUT2D eigenvalue weighted by molar-refractivity contribution is -0.517. The van der Waals surface area contributed by atoms with E-state index < -0.39 is 11.8 Å². The van der Waals surface area contributed by atoms with Gasteiger partial charge in [-0.1, -0.05) is 19.9 Å². The minimum absolute atomic E-state index is 0.0978. The van der Waals surface area contributed by atoms with Crippen molar-refractivity contribution in [2.45, 2.75) is 46.1 Å². The van der Waals surface area contributed by atoms with E-state index in [9.17, 15) is 4.79 Å². The number of hydrogen-bond donors (Lipinski definition) is 0. The number of ether oxygens (including phenoxy) is 1. The highest BCUT2D eigenvalue weighted by atomic mass is 17.5. The van der Waals surface area contributed by atoms with Gasteiger partial charge >= 0.3 is 6.16 Å². The number of hydrogen-bond acceptors (Lipinski definition) is 5. The van der Waals surface area contributed by atoms with Gasteiger partial charge in [-0.3, -0.25) is 0 Å². The van der Waals surface area contributed by atoms with Crippen LogP contribution in [0.4, 0.5) is 4.79 Å². The van der Waals surface area contributed by atoms with Gasteiger partial charge in [0.25, 0.3) is 0 Å². The second-order valence-corrected chi connectivity index (χ2v) is 4.24. The molecule has 0 heterocycles. The van der Waals surface area contributed by atoms with Crippen LogP contribution in [0.15, 0.2) is 12.2 Å². The van der Waals surface area contributed by atoms with Crippen molar-refractivity contribution in [1.82, 2.24) is 0 Å². The summed E-state index contributed by atoms with van der Waals surface area (Å²) in [5, 5.41) is 4.34. The standard InChI is InChI=1S/C11H20O5/c1-6-7-11(4,5)15-16-14-10(12)13-8-9(2)3/h2,6-8H2,1,3-5H3. The molecular weight excluding hydrogens is 212 g/mol. The van der Waals surface area contributed by atoms with Gasteiger partial charge in [-0.2, -0.15) is 4.89 Å². The first-order valence-electron chi connectivity index (χ1n) is 5.21. The lowest BCUT2D eigenvalue weighted by atomic mass is 10.0. The van der Waals surface area contributed by atoms with Crippen LogP contribution >= 0.6 is 0 Å². The third-order valence-electron chi connectivity index (χ3n) is 1.65. The molecule has 0 saturated heterocycles. The summed E-state index contributed by atoms with van der Waals surface area (Å²) in [5.74, 6) is 0.